The minimum atomic E-state index is -0.894. The highest BCUT2D eigenvalue weighted by Crippen LogP contribution is 2.26. The molecule has 0 aliphatic heterocycles. The zero-order valence-electron chi connectivity index (χ0n) is 22.2. The van der Waals surface area contributed by atoms with Gasteiger partial charge in [0.15, 0.2) is 0 Å². The molecule has 0 fully saturated rings. The Bertz CT molecular complexity index is 1560. The molecular formula is C33H29N3O4S. The number of ether oxygens (including phenoxy) is 2. The molecule has 0 aliphatic rings. The maximum atomic E-state index is 13.6. The van der Waals surface area contributed by atoms with E-state index in [1.807, 2.05) is 84.2 Å². The van der Waals surface area contributed by atoms with E-state index in [0.29, 0.717) is 41.7 Å². The van der Waals surface area contributed by atoms with Crippen LogP contribution >= 0.6 is 11.3 Å². The van der Waals surface area contributed by atoms with Crippen LogP contribution in [0.1, 0.15) is 27.2 Å². The fraction of sp³-hybridized carbons (Fsp3) is 0.121. The summed E-state index contributed by atoms with van der Waals surface area (Å²) >= 11 is 1.43. The third kappa shape index (κ3) is 7.80. The van der Waals surface area contributed by atoms with Crippen molar-refractivity contribution in [2.24, 2.45) is 0 Å². The summed E-state index contributed by atoms with van der Waals surface area (Å²) in [6.45, 7) is 0.667. The van der Waals surface area contributed by atoms with Gasteiger partial charge in [-0.3, -0.25) is 9.59 Å². The molecule has 5 rings (SSSR count). The van der Waals surface area contributed by atoms with Gasteiger partial charge in [0, 0.05) is 11.8 Å². The van der Waals surface area contributed by atoms with E-state index < -0.39 is 11.9 Å². The molecule has 0 saturated heterocycles. The lowest BCUT2D eigenvalue weighted by atomic mass is 10.1. The summed E-state index contributed by atoms with van der Waals surface area (Å²) in [5.41, 5.74) is 5.25. The zero-order valence-corrected chi connectivity index (χ0v) is 23.1. The Balaban J connectivity index is 1.31. The molecule has 0 spiro atoms. The first-order chi connectivity index (χ1) is 20.2. The van der Waals surface area contributed by atoms with Crippen LogP contribution in [0.2, 0.25) is 0 Å². The van der Waals surface area contributed by atoms with Crippen LogP contribution in [-0.4, -0.2) is 22.8 Å². The van der Waals surface area contributed by atoms with Crippen LogP contribution in [0.3, 0.4) is 0 Å². The molecule has 7 nitrogen and oxygen atoms in total. The van der Waals surface area contributed by atoms with Gasteiger partial charge in [-0.15, -0.1) is 11.3 Å². The number of amides is 2. The molecule has 2 N–H and O–H groups in total. The quantitative estimate of drug-likeness (QED) is 0.187. The highest BCUT2D eigenvalue weighted by atomic mass is 32.1. The number of thiazole rings is 1. The number of benzene rings is 4. The number of carbonyl (C=O) groups excluding carboxylic acids is 2. The van der Waals surface area contributed by atoms with E-state index in [0.717, 1.165) is 11.1 Å². The number of carbonyl (C=O) groups is 2. The number of nitrogens with one attached hydrogen (secondary N) is 2. The molecule has 5 aromatic rings. The van der Waals surface area contributed by atoms with E-state index >= 15 is 0 Å². The highest BCUT2D eigenvalue weighted by Gasteiger charge is 2.25. The first-order valence-electron chi connectivity index (χ1n) is 13.2. The van der Waals surface area contributed by atoms with E-state index in [2.05, 4.69) is 15.6 Å². The van der Waals surface area contributed by atoms with Gasteiger partial charge in [-0.05, 0) is 35.4 Å². The molecule has 1 atom stereocenters. The van der Waals surface area contributed by atoms with Gasteiger partial charge >= 0.3 is 0 Å². The SMILES string of the molecule is O=C(N[C@@H](Cc1cscn1)C(=O)Nc1ccccc1OCc1ccccc1)c1ccccc1OCc1ccccc1. The van der Waals surface area contributed by atoms with Crippen LogP contribution in [-0.2, 0) is 24.4 Å². The molecule has 2 amide bonds. The molecule has 0 bridgehead atoms. The smallest absolute Gasteiger partial charge is 0.255 e. The number of rotatable bonds is 12. The lowest BCUT2D eigenvalue weighted by Crippen LogP contribution is -2.45. The lowest BCUT2D eigenvalue weighted by Gasteiger charge is -2.20. The van der Waals surface area contributed by atoms with Crippen LogP contribution in [0.5, 0.6) is 11.5 Å². The normalized spacial score (nSPS) is 11.3. The van der Waals surface area contributed by atoms with Crippen molar-refractivity contribution in [2.75, 3.05) is 5.32 Å². The maximum absolute atomic E-state index is 13.6. The molecule has 4 aromatic carbocycles. The largest absolute Gasteiger partial charge is 0.488 e. The van der Waals surface area contributed by atoms with Crippen molar-refractivity contribution in [1.29, 1.82) is 0 Å². The Labute approximate surface area is 242 Å². The van der Waals surface area contributed by atoms with Crippen LogP contribution in [0, 0.1) is 0 Å². The monoisotopic (exact) mass is 563 g/mol. The molecule has 206 valence electrons. The molecular weight excluding hydrogens is 534 g/mol. The molecule has 1 aromatic heterocycles. The summed E-state index contributed by atoms with van der Waals surface area (Å²) < 4.78 is 12.0. The number of hydrogen-bond acceptors (Lipinski definition) is 6. The Hall–Kier alpha value is -4.95. The molecule has 0 aliphatic carbocycles. The second kappa shape index (κ2) is 13.9. The van der Waals surface area contributed by atoms with Crippen LogP contribution in [0.15, 0.2) is 120 Å². The fourth-order valence-corrected chi connectivity index (χ4v) is 4.73. The Kier molecular flexibility index (Phi) is 9.37. The van der Waals surface area contributed by atoms with E-state index in [-0.39, 0.29) is 12.3 Å². The minimum Gasteiger partial charge on any atom is -0.488 e. The van der Waals surface area contributed by atoms with Crippen LogP contribution < -0.4 is 20.1 Å². The average molecular weight is 564 g/mol. The van der Waals surface area contributed by atoms with Crippen molar-refractivity contribution < 1.29 is 19.1 Å². The van der Waals surface area contributed by atoms with Gasteiger partial charge in [-0.2, -0.15) is 0 Å². The summed E-state index contributed by atoms with van der Waals surface area (Å²) in [5.74, 6) is 0.159. The van der Waals surface area contributed by atoms with Crippen molar-refractivity contribution in [1.82, 2.24) is 10.3 Å². The summed E-state index contributed by atoms with van der Waals surface area (Å²) in [6, 6.07) is 32.8. The van der Waals surface area contributed by atoms with Gasteiger partial charge in [-0.25, -0.2) is 4.98 Å². The summed E-state index contributed by atoms with van der Waals surface area (Å²) in [4.78, 5) is 31.4. The van der Waals surface area contributed by atoms with Crippen LogP contribution in [0.4, 0.5) is 5.69 Å². The van der Waals surface area contributed by atoms with Gasteiger partial charge in [0.2, 0.25) is 5.91 Å². The van der Waals surface area contributed by atoms with Crippen LogP contribution in [0.25, 0.3) is 0 Å². The van der Waals surface area contributed by atoms with E-state index in [4.69, 9.17) is 9.47 Å². The van der Waals surface area contributed by atoms with Crippen molar-refractivity contribution >= 4 is 28.8 Å². The van der Waals surface area contributed by atoms with Gasteiger partial charge in [0.1, 0.15) is 30.8 Å². The average Bonchev–Trinajstić information content (AvgIpc) is 3.54. The third-order valence-electron chi connectivity index (χ3n) is 6.27. The second-order valence-corrected chi connectivity index (χ2v) is 9.96. The van der Waals surface area contributed by atoms with Crippen molar-refractivity contribution in [3.63, 3.8) is 0 Å². The van der Waals surface area contributed by atoms with Gasteiger partial charge in [0.25, 0.3) is 5.91 Å². The Morgan fingerprint density at radius 1 is 0.732 bits per heavy atom. The fourth-order valence-electron chi connectivity index (χ4n) is 4.16. The zero-order chi connectivity index (χ0) is 28.3. The molecule has 1 heterocycles. The number of hydrogen-bond donors (Lipinski definition) is 2. The number of anilines is 1. The maximum Gasteiger partial charge on any atom is 0.255 e. The van der Waals surface area contributed by atoms with Gasteiger partial charge < -0.3 is 20.1 Å². The molecule has 0 saturated carbocycles. The van der Waals surface area contributed by atoms with Gasteiger partial charge in [-0.1, -0.05) is 84.9 Å². The number of aromatic nitrogens is 1. The highest BCUT2D eigenvalue weighted by molar-refractivity contribution is 7.07. The summed E-state index contributed by atoms with van der Waals surface area (Å²) in [6.07, 6.45) is 0.223. The molecule has 8 heteroatoms. The topological polar surface area (TPSA) is 89.6 Å². The summed E-state index contributed by atoms with van der Waals surface area (Å²) in [5, 5.41) is 7.70. The molecule has 41 heavy (non-hydrogen) atoms. The molecule has 0 radical (unpaired) electrons. The van der Waals surface area contributed by atoms with E-state index in [1.165, 1.54) is 11.3 Å². The summed E-state index contributed by atoms with van der Waals surface area (Å²) in [7, 11) is 0. The lowest BCUT2D eigenvalue weighted by molar-refractivity contribution is -0.118. The van der Waals surface area contributed by atoms with E-state index in [9.17, 15) is 9.59 Å². The molecule has 0 unspecified atom stereocenters. The Morgan fingerprint density at radius 3 is 1.98 bits per heavy atom. The Morgan fingerprint density at radius 2 is 1.32 bits per heavy atom. The number of nitrogens with zero attached hydrogens (tertiary/aromatic N) is 1. The first-order valence-corrected chi connectivity index (χ1v) is 14.1. The van der Waals surface area contributed by atoms with Gasteiger partial charge in [0.05, 0.1) is 22.5 Å². The van der Waals surface area contributed by atoms with Crippen molar-refractivity contribution in [3.05, 3.63) is 142 Å². The first kappa shape index (κ1) is 27.6. The van der Waals surface area contributed by atoms with E-state index in [1.54, 1.807) is 35.8 Å². The van der Waals surface area contributed by atoms with Crippen molar-refractivity contribution in [2.45, 2.75) is 25.7 Å². The standard InChI is InChI=1S/C33H29N3O4S/c37-32(27-15-7-9-17-30(27)39-20-24-11-3-1-4-12-24)36-29(19-26-22-41-23-34-26)33(38)35-28-16-8-10-18-31(28)40-21-25-13-5-2-6-14-25/h1-18,22-23,29H,19-21H2,(H,35,38)(H,36,37)/t29-/m0/s1. The minimum absolute atomic E-state index is 0.223. The van der Waals surface area contributed by atoms with Crippen molar-refractivity contribution in [3.8, 4) is 11.5 Å². The second-order valence-electron chi connectivity index (χ2n) is 9.24. The predicted octanol–water partition coefficient (Wildman–Crippen LogP) is 6.28. The number of para-hydroxylation sites is 3. The third-order valence-corrected chi connectivity index (χ3v) is 6.90. The predicted molar refractivity (Wildman–Crippen MR) is 160 cm³/mol.